The van der Waals surface area contributed by atoms with E-state index in [1.807, 2.05) is 18.3 Å². The lowest BCUT2D eigenvalue weighted by Gasteiger charge is -2.26. The van der Waals surface area contributed by atoms with E-state index in [2.05, 4.69) is 42.9 Å². The summed E-state index contributed by atoms with van der Waals surface area (Å²) in [6, 6.07) is 9.05. The largest absolute Gasteiger partial charge is 0.494 e. The van der Waals surface area contributed by atoms with Crippen molar-refractivity contribution in [2.75, 3.05) is 14.2 Å². The van der Waals surface area contributed by atoms with Gasteiger partial charge in [0.15, 0.2) is 0 Å². The summed E-state index contributed by atoms with van der Waals surface area (Å²) in [5, 5.41) is 8.09. The van der Waals surface area contributed by atoms with Gasteiger partial charge in [0.1, 0.15) is 11.3 Å². The molecule has 1 aliphatic rings. The summed E-state index contributed by atoms with van der Waals surface area (Å²) in [6.07, 6.45) is 5.75. The fourth-order valence-electron chi connectivity index (χ4n) is 3.68. The highest BCUT2D eigenvalue weighted by Crippen LogP contribution is 2.39. The van der Waals surface area contributed by atoms with Crippen molar-refractivity contribution in [1.29, 1.82) is 0 Å². The van der Waals surface area contributed by atoms with E-state index in [4.69, 9.17) is 14.6 Å². The van der Waals surface area contributed by atoms with Crippen LogP contribution in [0.5, 0.6) is 5.75 Å². The van der Waals surface area contributed by atoms with Crippen molar-refractivity contribution in [2.45, 2.75) is 45.7 Å². The zero-order valence-electron chi connectivity index (χ0n) is 15.5. The summed E-state index contributed by atoms with van der Waals surface area (Å²) in [7, 11) is 3.95. The normalized spacial score (nSPS) is 18.7. The van der Waals surface area contributed by atoms with E-state index >= 15 is 0 Å². The van der Waals surface area contributed by atoms with Crippen molar-refractivity contribution in [1.82, 2.24) is 9.88 Å². The Morgan fingerprint density at radius 3 is 2.72 bits per heavy atom. The molecule has 1 saturated carbocycles. The maximum atomic E-state index is 8.36. The zero-order valence-corrected chi connectivity index (χ0v) is 15.5. The fourth-order valence-corrected chi connectivity index (χ4v) is 3.68. The molecule has 1 aromatic carbocycles. The molecular formula is C20H28N2O3. The molecule has 1 atom stereocenters. The molecule has 0 spiro atoms. The summed E-state index contributed by atoms with van der Waals surface area (Å²) in [4.78, 5) is 15.4. The second-order valence-corrected chi connectivity index (χ2v) is 7.41. The monoisotopic (exact) mass is 344 g/mol. The van der Waals surface area contributed by atoms with Crippen LogP contribution in [0.2, 0.25) is 0 Å². The Morgan fingerprint density at radius 2 is 2.12 bits per heavy atom. The number of nitrogens with zero attached hydrogens (tertiary/aromatic N) is 2. The molecule has 1 aromatic heterocycles. The number of hydrogen-bond acceptors (Lipinski definition) is 4. The van der Waals surface area contributed by atoms with Crippen molar-refractivity contribution in [3.63, 3.8) is 0 Å². The molecule has 1 aliphatic carbocycles. The molecule has 0 aliphatic heterocycles. The van der Waals surface area contributed by atoms with Gasteiger partial charge in [-0.1, -0.05) is 26.0 Å². The first-order chi connectivity index (χ1) is 11.9. The Bertz CT molecular complexity index is 715. The van der Waals surface area contributed by atoms with Crippen LogP contribution in [0, 0.1) is 5.41 Å². The highest BCUT2D eigenvalue weighted by Gasteiger charge is 2.33. The highest BCUT2D eigenvalue weighted by molar-refractivity contribution is 5.87. The minimum absolute atomic E-state index is 0.250. The first kappa shape index (κ1) is 19.2. The molecule has 1 unspecified atom stereocenters. The van der Waals surface area contributed by atoms with Gasteiger partial charge in [0.25, 0.3) is 6.47 Å². The van der Waals surface area contributed by atoms with Gasteiger partial charge in [0, 0.05) is 24.2 Å². The highest BCUT2D eigenvalue weighted by atomic mass is 16.5. The summed E-state index contributed by atoms with van der Waals surface area (Å²) in [6.45, 7) is 5.48. The van der Waals surface area contributed by atoms with Gasteiger partial charge in [-0.3, -0.25) is 14.7 Å². The van der Waals surface area contributed by atoms with Crippen LogP contribution in [0.15, 0.2) is 30.5 Å². The Hall–Kier alpha value is -2.14. The predicted molar refractivity (Wildman–Crippen MR) is 99.9 cm³/mol. The summed E-state index contributed by atoms with van der Waals surface area (Å²) in [5.41, 5.74) is 2.78. The third-order valence-electron chi connectivity index (χ3n) is 5.03. The number of carboxylic acid groups (broad SMARTS) is 1. The van der Waals surface area contributed by atoms with Gasteiger partial charge in [-0.2, -0.15) is 0 Å². The van der Waals surface area contributed by atoms with Crippen LogP contribution in [0.1, 0.15) is 38.7 Å². The average molecular weight is 344 g/mol. The van der Waals surface area contributed by atoms with Gasteiger partial charge < -0.3 is 9.84 Å². The van der Waals surface area contributed by atoms with Crippen molar-refractivity contribution in [3.8, 4) is 5.75 Å². The van der Waals surface area contributed by atoms with E-state index < -0.39 is 0 Å². The van der Waals surface area contributed by atoms with Crippen LogP contribution in [0.25, 0.3) is 10.9 Å². The lowest BCUT2D eigenvalue weighted by molar-refractivity contribution is -0.122. The van der Waals surface area contributed by atoms with Gasteiger partial charge >= 0.3 is 0 Å². The van der Waals surface area contributed by atoms with Gasteiger partial charge in [-0.25, -0.2) is 0 Å². The molecule has 5 nitrogen and oxygen atoms in total. The average Bonchev–Trinajstić information content (AvgIpc) is 2.96. The van der Waals surface area contributed by atoms with Crippen LogP contribution in [-0.4, -0.2) is 41.7 Å². The zero-order chi connectivity index (χ0) is 18.4. The third-order valence-corrected chi connectivity index (χ3v) is 5.03. The van der Waals surface area contributed by atoms with Crippen LogP contribution in [0.4, 0.5) is 0 Å². The number of aromatic nitrogens is 1. The number of carbonyl (C=O) groups is 1. The molecule has 25 heavy (non-hydrogen) atoms. The van der Waals surface area contributed by atoms with Crippen LogP contribution in [-0.2, 0) is 11.3 Å². The fraction of sp³-hybridized carbons (Fsp3) is 0.500. The molecule has 1 N–H and O–H groups in total. The van der Waals surface area contributed by atoms with Crippen molar-refractivity contribution < 1.29 is 14.6 Å². The van der Waals surface area contributed by atoms with Gasteiger partial charge in [0.2, 0.25) is 0 Å². The maximum Gasteiger partial charge on any atom is 0.290 e. The summed E-state index contributed by atoms with van der Waals surface area (Å²) < 4.78 is 5.44. The number of benzene rings is 1. The number of hydrogen-bond donors (Lipinski definition) is 1. The van der Waals surface area contributed by atoms with Crippen molar-refractivity contribution in [3.05, 3.63) is 36.0 Å². The lowest BCUT2D eigenvalue weighted by Crippen LogP contribution is -2.29. The topological polar surface area (TPSA) is 62.7 Å². The second-order valence-electron chi connectivity index (χ2n) is 7.41. The molecule has 0 amide bonds. The third kappa shape index (κ3) is 4.69. The minimum atomic E-state index is -0.250. The van der Waals surface area contributed by atoms with E-state index in [-0.39, 0.29) is 6.47 Å². The minimum Gasteiger partial charge on any atom is -0.494 e. The number of ether oxygens (including phenoxy) is 1. The smallest absolute Gasteiger partial charge is 0.290 e. The second kappa shape index (κ2) is 8.30. The molecule has 1 fully saturated rings. The Kier molecular flexibility index (Phi) is 6.37. The molecule has 5 heteroatoms. The lowest BCUT2D eigenvalue weighted by atomic mass is 9.91. The molecule has 0 saturated heterocycles. The van der Waals surface area contributed by atoms with E-state index in [1.165, 1.54) is 30.2 Å². The molecule has 0 radical (unpaired) electrons. The number of methoxy groups -OCH3 is 1. The van der Waals surface area contributed by atoms with E-state index in [9.17, 15) is 0 Å². The van der Waals surface area contributed by atoms with E-state index in [1.54, 1.807) is 7.11 Å². The Morgan fingerprint density at radius 1 is 1.40 bits per heavy atom. The Labute approximate surface area is 149 Å². The van der Waals surface area contributed by atoms with E-state index in [0.29, 0.717) is 11.5 Å². The predicted octanol–water partition coefficient (Wildman–Crippen LogP) is 3.95. The van der Waals surface area contributed by atoms with Gasteiger partial charge in [-0.05, 0) is 49.4 Å². The number of pyridine rings is 1. The van der Waals surface area contributed by atoms with Gasteiger partial charge in [0.05, 0.1) is 7.11 Å². The Balaban J connectivity index is 0.000000701. The summed E-state index contributed by atoms with van der Waals surface area (Å²) in [5.74, 6) is 0.851. The molecule has 2 aromatic rings. The molecule has 3 rings (SSSR count). The number of fused-ring (bicyclic) bond motifs is 1. The first-order valence-electron chi connectivity index (χ1n) is 8.60. The first-order valence-corrected chi connectivity index (χ1v) is 8.60. The molecular weight excluding hydrogens is 316 g/mol. The number of rotatable bonds is 4. The molecule has 0 bridgehead atoms. The van der Waals surface area contributed by atoms with Crippen molar-refractivity contribution >= 4 is 17.4 Å². The molecule has 136 valence electrons. The van der Waals surface area contributed by atoms with Crippen LogP contribution < -0.4 is 4.74 Å². The SMILES string of the molecule is COc1ccc(CN(C)C2CCC(C)(C)C2)c2cccnc12.O=CO. The van der Waals surface area contributed by atoms with Crippen LogP contribution in [0.3, 0.4) is 0 Å². The maximum absolute atomic E-state index is 8.36. The summed E-state index contributed by atoms with van der Waals surface area (Å²) >= 11 is 0. The quantitative estimate of drug-likeness (QED) is 0.851. The standard InChI is InChI=1S/C19H26N2O.CH2O2/c1-19(2)10-9-15(12-19)21(3)13-14-7-8-17(22-4)18-16(14)6-5-11-20-18;2-1-3/h5-8,11,15H,9-10,12-13H2,1-4H3;1H,(H,2,3). The van der Waals surface area contributed by atoms with Crippen LogP contribution >= 0.6 is 0 Å². The molecule has 1 heterocycles. The van der Waals surface area contributed by atoms with E-state index in [0.717, 1.165) is 17.8 Å². The van der Waals surface area contributed by atoms with Crippen molar-refractivity contribution in [2.24, 2.45) is 5.41 Å². The van der Waals surface area contributed by atoms with Gasteiger partial charge in [-0.15, -0.1) is 0 Å².